The van der Waals surface area contributed by atoms with E-state index in [1.807, 2.05) is 81.7 Å². The van der Waals surface area contributed by atoms with E-state index in [-0.39, 0.29) is 48.5 Å². The zero-order valence-corrected chi connectivity index (χ0v) is 31.2. The molecule has 15 heteroatoms. The molecular weight excluding hydrogens is 693 g/mol. The number of carbonyl (C=O) groups excluding carboxylic acids is 1. The second kappa shape index (κ2) is 17.4. The van der Waals surface area contributed by atoms with Crippen molar-refractivity contribution in [3.63, 3.8) is 0 Å². The van der Waals surface area contributed by atoms with Crippen molar-refractivity contribution in [2.75, 3.05) is 19.5 Å². The van der Waals surface area contributed by atoms with Gasteiger partial charge in [0.25, 0.3) is 0 Å². The van der Waals surface area contributed by atoms with Gasteiger partial charge in [-0.05, 0) is 42.8 Å². The van der Waals surface area contributed by atoms with Crippen LogP contribution < -0.4 is 20.1 Å². The van der Waals surface area contributed by atoms with Gasteiger partial charge >= 0.3 is 14.5 Å². The molecule has 278 valence electrons. The number of hydrogen-bond donors (Lipinski definition) is 2. The van der Waals surface area contributed by atoms with E-state index in [0.717, 1.165) is 22.9 Å². The fraction of sp³-hybridized carbons (Fsp3) is 0.405. The number of nitrogens with two attached hydrogens (primary N) is 1. The van der Waals surface area contributed by atoms with Crippen LogP contribution >= 0.6 is 8.53 Å². The average molecular weight is 739 g/mol. The van der Waals surface area contributed by atoms with Gasteiger partial charge in [0.05, 0.1) is 19.8 Å². The number of nitrogens with one attached hydrogen (secondary N) is 1. The summed E-state index contributed by atoms with van der Waals surface area (Å²) in [6.07, 6.45) is -0.115. The van der Waals surface area contributed by atoms with Crippen LogP contribution in [-0.4, -0.2) is 51.4 Å². The van der Waals surface area contributed by atoms with Crippen LogP contribution in [0.25, 0.3) is 21.9 Å². The van der Waals surface area contributed by atoms with Crippen LogP contribution in [0.3, 0.4) is 0 Å². The summed E-state index contributed by atoms with van der Waals surface area (Å²) in [6, 6.07) is 15.7. The van der Waals surface area contributed by atoms with E-state index in [0.29, 0.717) is 29.2 Å². The number of esters is 1. The largest absolute Gasteiger partial charge is 0.479 e. The Morgan fingerprint density at radius 2 is 1.85 bits per heavy atom. The van der Waals surface area contributed by atoms with E-state index in [2.05, 4.69) is 27.0 Å². The fourth-order valence-corrected chi connectivity index (χ4v) is 7.38. The molecule has 0 bridgehead atoms. The maximum atomic E-state index is 14.3. The number of imidazole rings is 1. The third-order valence-corrected chi connectivity index (χ3v) is 9.70. The van der Waals surface area contributed by atoms with Gasteiger partial charge in [-0.25, -0.2) is 18.9 Å². The summed E-state index contributed by atoms with van der Waals surface area (Å²) in [6.45, 7) is 11.4. The lowest BCUT2D eigenvalue weighted by atomic mass is 10.1. The molecule has 0 spiro atoms. The minimum atomic E-state index is -1.95. The molecule has 0 amide bonds. The molecule has 6 rings (SSSR count). The summed E-state index contributed by atoms with van der Waals surface area (Å²) in [4.78, 5) is 26.6. The van der Waals surface area contributed by atoms with E-state index in [1.165, 1.54) is 13.2 Å². The van der Waals surface area contributed by atoms with E-state index < -0.39 is 38.4 Å². The molecule has 2 aromatic heterocycles. The Morgan fingerprint density at radius 1 is 1.10 bits per heavy atom. The molecule has 1 aliphatic rings. The first-order valence-corrected chi connectivity index (χ1v) is 18.4. The highest BCUT2D eigenvalue weighted by molar-refractivity contribution is 7.45. The molecule has 12 nitrogen and oxygen atoms in total. The molecule has 0 aliphatic carbocycles. The number of aromatic nitrogens is 4. The standard InChI is InChI=1S/C35H39F2N6O6P.C2H6/c1-19(2)29(34(44)46-17-23-13-14-24(36)16-27(23)37)42-50(49-28-12-8-10-22-9-6-7-11-26(22)28)47-18-25-15-20(3)33(48-25)43-21(4)39-30-31(43)40-35(38)41-32(30)45-5;1-2/h6-14,16,19-20,25,29,33,42H,15,17-18H2,1-5H3,(H2,38,40,41);1-2H3. The van der Waals surface area contributed by atoms with Crippen molar-refractivity contribution in [2.24, 2.45) is 11.8 Å². The normalized spacial score (nSPS) is 18.2. The van der Waals surface area contributed by atoms with E-state index >= 15 is 0 Å². The Balaban J connectivity index is 0.00000257. The Hall–Kier alpha value is -4.49. The van der Waals surface area contributed by atoms with Gasteiger partial charge in [-0.15, -0.1) is 0 Å². The van der Waals surface area contributed by atoms with Crippen LogP contribution in [0.1, 0.15) is 58.7 Å². The van der Waals surface area contributed by atoms with Gasteiger partial charge in [0.1, 0.15) is 42.1 Å². The monoisotopic (exact) mass is 738 g/mol. The molecule has 1 saturated heterocycles. The number of nitrogen functional groups attached to an aromatic ring is 1. The predicted octanol–water partition coefficient (Wildman–Crippen LogP) is 7.79. The lowest BCUT2D eigenvalue weighted by molar-refractivity contribution is -0.148. The molecule has 0 saturated carbocycles. The number of halogens is 2. The Bertz CT molecular complexity index is 1990. The summed E-state index contributed by atoms with van der Waals surface area (Å²) in [5.41, 5.74) is 7.03. The quantitative estimate of drug-likeness (QED) is 0.0902. The van der Waals surface area contributed by atoms with Gasteiger partial charge in [0, 0.05) is 22.9 Å². The lowest BCUT2D eigenvalue weighted by Crippen LogP contribution is -2.40. The fourth-order valence-electron chi connectivity index (χ4n) is 5.93. The zero-order chi connectivity index (χ0) is 37.5. The minimum absolute atomic E-state index is 0.0466. The van der Waals surface area contributed by atoms with Crippen LogP contribution in [0, 0.1) is 30.4 Å². The first-order valence-electron chi connectivity index (χ1n) is 17.2. The number of hydrogen-bond acceptors (Lipinski definition) is 11. The first-order chi connectivity index (χ1) is 25.0. The molecule has 5 aromatic rings. The van der Waals surface area contributed by atoms with E-state index in [4.69, 9.17) is 29.0 Å². The van der Waals surface area contributed by atoms with Crippen LogP contribution in [0.5, 0.6) is 11.6 Å². The van der Waals surface area contributed by atoms with Gasteiger partial charge in [-0.3, -0.25) is 9.36 Å². The maximum absolute atomic E-state index is 14.3. The van der Waals surface area contributed by atoms with Gasteiger partial charge in [-0.2, -0.15) is 9.97 Å². The third kappa shape index (κ3) is 8.75. The lowest BCUT2D eigenvalue weighted by Gasteiger charge is -2.27. The first kappa shape index (κ1) is 38.7. The number of benzene rings is 3. The van der Waals surface area contributed by atoms with Crippen molar-refractivity contribution in [1.29, 1.82) is 0 Å². The summed E-state index contributed by atoms with van der Waals surface area (Å²) < 4.78 is 59.8. The SMILES string of the molecule is CC.COc1nc(N)nc2c1nc(C)n2C1OC(COP(NC(C(=O)OCc2ccc(F)cc2F)C(C)C)Oc2cccc3ccccc23)CC1C. The van der Waals surface area contributed by atoms with E-state index in [9.17, 15) is 13.6 Å². The van der Waals surface area contributed by atoms with Crippen molar-refractivity contribution in [3.05, 3.63) is 83.7 Å². The number of carbonyl (C=O) groups is 1. The molecule has 5 unspecified atom stereocenters. The Labute approximate surface area is 303 Å². The van der Waals surface area contributed by atoms with Crippen LogP contribution in [0.2, 0.25) is 0 Å². The number of methoxy groups -OCH3 is 1. The summed E-state index contributed by atoms with van der Waals surface area (Å²) >= 11 is 0. The molecule has 3 heterocycles. The maximum Gasteiger partial charge on any atom is 0.324 e. The second-order valence-electron chi connectivity index (χ2n) is 12.5. The zero-order valence-electron chi connectivity index (χ0n) is 30.3. The molecule has 1 fully saturated rings. The molecule has 0 radical (unpaired) electrons. The minimum Gasteiger partial charge on any atom is -0.479 e. The number of ether oxygens (including phenoxy) is 3. The molecule has 5 atom stereocenters. The van der Waals surface area contributed by atoms with Crippen LogP contribution in [-0.2, 0) is 25.4 Å². The third-order valence-electron chi connectivity index (χ3n) is 8.46. The van der Waals surface area contributed by atoms with Crippen LogP contribution in [0.15, 0.2) is 60.7 Å². The van der Waals surface area contributed by atoms with Gasteiger partial charge in [0.15, 0.2) is 11.2 Å². The van der Waals surface area contributed by atoms with Crippen molar-refractivity contribution in [1.82, 2.24) is 24.6 Å². The molecule has 1 aliphatic heterocycles. The number of aryl methyl sites for hydroxylation is 1. The van der Waals surface area contributed by atoms with Gasteiger partial charge < -0.3 is 29.0 Å². The second-order valence-corrected chi connectivity index (χ2v) is 13.7. The van der Waals surface area contributed by atoms with Crippen molar-refractivity contribution in [2.45, 2.75) is 72.9 Å². The van der Waals surface area contributed by atoms with Crippen molar-refractivity contribution >= 4 is 42.4 Å². The number of fused-ring (bicyclic) bond motifs is 2. The van der Waals surface area contributed by atoms with Gasteiger partial charge in [-0.1, -0.05) is 71.0 Å². The summed E-state index contributed by atoms with van der Waals surface area (Å²) in [7, 11) is -0.453. The Kier molecular flexibility index (Phi) is 12.9. The van der Waals surface area contributed by atoms with Crippen LogP contribution in [0.4, 0.5) is 14.7 Å². The molecule has 3 aromatic carbocycles. The van der Waals surface area contributed by atoms with Crippen molar-refractivity contribution in [3.8, 4) is 11.6 Å². The number of anilines is 1. The van der Waals surface area contributed by atoms with Gasteiger partial charge in [0.2, 0.25) is 11.8 Å². The molecule has 52 heavy (non-hydrogen) atoms. The number of nitrogens with zero attached hydrogens (tertiary/aromatic N) is 4. The topological polar surface area (TPSA) is 145 Å². The van der Waals surface area contributed by atoms with Crippen molar-refractivity contribution < 1.29 is 36.8 Å². The highest BCUT2D eigenvalue weighted by Gasteiger charge is 2.38. The summed E-state index contributed by atoms with van der Waals surface area (Å²) in [5, 5.41) is 5.07. The predicted molar refractivity (Wildman–Crippen MR) is 195 cm³/mol. The average Bonchev–Trinajstić information content (AvgIpc) is 3.66. The van der Waals surface area contributed by atoms with E-state index in [1.54, 1.807) is 0 Å². The molecular formula is C37H45F2N6O6P. The Morgan fingerprint density at radius 3 is 2.58 bits per heavy atom. The molecule has 3 N–H and O–H groups in total. The summed E-state index contributed by atoms with van der Waals surface area (Å²) in [5.74, 6) is -0.790. The highest BCUT2D eigenvalue weighted by Crippen LogP contribution is 2.43. The highest BCUT2D eigenvalue weighted by atomic mass is 31.2. The smallest absolute Gasteiger partial charge is 0.324 e. The number of rotatable bonds is 13.